The van der Waals surface area contributed by atoms with Crippen molar-refractivity contribution in [2.75, 3.05) is 54.5 Å². The number of nitrogens with two attached hydrogens (primary N) is 1. The molecule has 107 heavy (non-hydrogen) atoms. The van der Waals surface area contributed by atoms with Crippen LogP contribution in [0.3, 0.4) is 0 Å². The van der Waals surface area contributed by atoms with Gasteiger partial charge in [-0.05, 0) is 190 Å². The predicted octanol–water partition coefficient (Wildman–Crippen LogP) is 17.7. The average Bonchev–Trinajstić information content (AvgIpc) is 0.784. The number of pyridine rings is 2. The number of benzene rings is 4. The summed E-state index contributed by atoms with van der Waals surface area (Å²) >= 11 is 0. The van der Waals surface area contributed by atoms with E-state index >= 15 is 13.2 Å². The number of carbonyl (C=O) groups is 4. The molecule has 2 unspecified atom stereocenters. The number of aliphatic carboxylic acids is 1. The SMILES string of the molecule is CC(C)CC(C(=O)O)n1cc(CCCN(C)C)c(C(F)(F)F)cc1=O.CCOC(=O)C[C@H](CC(=O)C(CC(C)C)n1cc(CCCN(C)C)c(C(F)(F)F)cc1=O)c1c(F)c(-c2c(C)cccc2C)cc(C(F)(F)F)c1F.CCOC(=O)C[C@H](N)c1c(F)c(-c2c(C)cccc2C)cc(C(F)(F)F)c1F.S.S. The van der Waals surface area contributed by atoms with Gasteiger partial charge in [0.2, 0.25) is 0 Å². The fourth-order valence-electron chi connectivity index (χ4n) is 12.2. The first-order valence-electron chi connectivity index (χ1n) is 33.6. The third kappa shape index (κ3) is 26.3. The second-order valence-electron chi connectivity index (χ2n) is 26.9. The van der Waals surface area contributed by atoms with Gasteiger partial charge in [-0.2, -0.15) is 79.7 Å². The van der Waals surface area contributed by atoms with Crippen molar-refractivity contribution in [1.29, 1.82) is 0 Å². The molecule has 14 nitrogen and oxygen atoms in total. The standard InChI is InChI=1S/C38H44F8N2O4.C20H20F5NO2.C17H25F3N2O3.2H2S/c1-8-52-32(51)17-25(34-35(39)26(18-28(36(34)40)38(44,45)46)33-22(4)11-9-12-23(33)5)16-30(49)29(15-21(2)3)48-20-24(13-10-14-47(6)7)27(19-31(48)50)37(41,42)43;1-4-28-15(27)9-14(26)17-18(21)12(8-13(19(17)22)20(23,24)25)16-10(2)6-5-7-11(16)3;1-11(2)8-14(16(24)25)22-10-12(6-5-7-21(3)4)13(9-15(22)23)17(18,19)20;;/h9,11-12,18-21,25,29H,8,10,13-17H2,1-7H3;5-8,14H,4,9,26H2,1-3H3;9-11,14H,5-8H2,1-4H3,(H,24,25);2*1H2/t25-,29?;14-;;;/m00.../s1. The molecule has 2 heterocycles. The molecule has 0 spiro atoms. The first-order valence-corrected chi connectivity index (χ1v) is 33.6. The fourth-order valence-corrected chi connectivity index (χ4v) is 12.2. The van der Waals surface area contributed by atoms with Crippen LogP contribution in [0, 0.1) is 62.8 Å². The smallest absolute Gasteiger partial charge is 0.419 e. The third-order valence-electron chi connectivity index (χ3n) is 17.0. The van der Waals surface area contributed by atoms with Crippen molar-refractivity contribution in [2.24, 2.45) is 17.6 Å². The average molecular weight is 1580 g/mol. The molecule has 2 aromatic heterocycles. The van der Waals surface area contributed by atoms with E-state index in [4.69, 9.17) is 10.5 Å². The van der Waals surface area contributed by atoms with E-state index < -0.39 is 171 Å². The number of aryl methyl sites for hydroxylation is 6. The zero-order valence-corrected chi connectivity index (χ0v) is 63.7. The number of ether oxygens (including phenoxy) is 2. The van der Waals surface area contributed by atoms with Crippen LogP contribution in [0.1, 0.15) is 177 Å². The van der Waals surface area contributed by atoms with Gasteiger partial charge < -0.3 is 39.2 Å². The lowest BCUT2D eigenvalue weighted by Gasteiger charge is -2.26. The van der Waals surface area contributed by atoms with Crippen LogP contribution in [0.5, 0.6) is 0 Å². The summed E-state index contributed by atoms with van der Waals surface area (Å²) in [4.78, 5) is 79.2. The number of aromatic nitrogens is 2. The summed E-state index contributed by atoms with van der Waals surface area (Å²) in [5.41, 5.74) is -3.42. The minimum Gasteiger partial charge on any atom is -0.480 e. The molecule has 0 fully saturated rings. The number of nitrogens with zero attached hydrogens (tertiary/aromatic N) is 4. The Morgan fingerprint density at radius 1 is 0.505 bits per heavy atom. The van der Waals surface area contributed by atoms with Gasteiger partial charge in [0, 0.05) is 65.2 Å². The lowest BCUT2D eigenvalue weighted by Crippen LogP contribution is -2.33. The minimum absolute atomic E-state index is 0. The van der Waals surface area contributed by atoms with E-state index in [9.17, 15) is 90.9 Å². The molecule has 0 aliphatic heterocycles. The van der Waals surface area contributed by atoms with Crippen LogP contribution in [0.25, 0.3) is 22.3 Å². The number of alkyl halides is 12. The molecule has 0 aliphatic carbocycles. The fraction of sp³-hybridized carbons (Fsp3) is 0.493. The normalized spacial score (nSPS) is 13.0. The van der Waals surface area contributed by atoms with Crippen LogP contribution >= 0.6 is 27.0 Å². The summed E-state index contributed by atoms with van der Waals surface area (Å²) in [6.07, 6.45) is -19.6. The van der Waals surface area contributed by atoms with Gasteiger partial charge in [-0.1, -0.05) is 64.1 Å². The Kier molecular flexibility index (Phi) is 36.3. The van der Waals surface area contributed by atoms with E-state index in [2.05, 4.69) is 4.74 Å². The third-order valence-corrected chi connectivity index (χ3v) is 17.0. The number of carbonyl (C=O) groups excluding carboxylic acids is 3. The number of hydrogen-bond acceptors (Lipinski definition) is 11. The molecule has 4 atom stereocenters. The Balaban J connectivity index is 0.000000595. The maximum Gasteiger partial charge on any atom is 0.419 e. The number of esters is 2. The first-order chi connectivity index (χ1) is 48.5. The van der Waals surface area contributed by atoms with E-state index in [-0.39, 0.29) is 106 Å². The molecular weight excluding hydrogens is 1480 g/mol. The van der Waals surface area contributed by atoms with Gasteiger partial charge >= 0.3 is 42.6 Å². The van der Waals surface area contributed by atoms with E-state index in [1.165, 1.54) is 39.8 Å². The van der Waals surface area contributed by atoms with Crippen molar-refractivity contribution in [1.82, 2.24) is 18.9 Å². The zero-order chi connectivity index (χ0) is 79.9. The largest absolute Gasteiger partial charge is 0.480 e. The van der Waals surface area contributed by atoms with Crippen molar-refractivity contribution in [3.63, 3.8) is 0 Å². The molecule has 6 aromatic rings. The molecule has 6 rings (SSSR count). The molecular formula is C75H93F16N5O9S2. The number of carboxylic acids is 1. The number of rotatable bonds is 28. The summed E-state index contributed by atoms with van der Waals surface area (Å²) in [6.45, 7) is 17.0. The zero-order valence-electron chi connectivity index (χ0n) is 61.7. The van der Waals surface area contributed by atoms with Crippen LogP contribution in [0.15, 0.2) is 82.6 Å². The molecule has 0 amide bonds. The first kappa shape index (κ1) is 95.4. The maximum atomic E-state index is 16.6. The van der Waals surface area contributed by atoms with Crippen LogP contribution in [-0.4, -0.2) is 102 Å². The number of ketones is 1. The van der Waals surface area contributed by atoms with Crippen molar-refractivity contribution in [3.8, 4) is 22.3 Å². The Morgan fingerprint density at radius 2 is 0.841 bits per heavy atom. The lowest BCUT2D eigenvalue weighted by molar-refractivity contribution is -0.144. The molecule has 596 valence electrons. The van der Waals surface area contributed by atoms with Crippen molar-refractivity contribution < 1.29 is 104 Å². The molecule has 0 aliphatic rings. The quantitative estimate of drug-likeness (QED) is 0.0351. The highest BCUT2D eigenvalue weighted by atomic mass is 32.1. The Hall–Kier alpha value is -7.68. The summed E-state index contributed by atoms with van der Waals surface area (Å²) in [5, 5.41) is 9.38. The summed E-state index contributed by atoms with van der Waals surface area (Å²) in [5.74, 6) is -12.8. The Bertz CT molecular complexity index is 4110. The summed E-state index contributed by atoms with van der Waals surface area (Å²) in [6, 6.07) is 6.97. The summed E-state index contributed by atoms with van der Waals surface area (Å²) in [7, 11) is 7.09. The van der Waals surface area contributed by atoms with Crippen molar-refractivity contribution in [3.05, 3.63) is 184 Å². The van der Waals surface area contributed by atoms with Gasteiger partial charge in [-0.25, -0.2) is 22.4 Å². The highest BCUT2D eigenvalue weighted by molar-refractivity contribution is 7.59. The molecule has 0 bridgehead atoms. The van der Waals surface area contributed by atoms with Gasteiger partial charge in [-0.3, -0.25) is 24.0 Å². The second kappa shape index (κ2) is 40.7. The van der Waals surface area contributed by atoms with E-state index in [0.717, 1.165) is 21.5 Å². The Morgan fingerprint density at radius 3 is 1.18 bits per heavy atom. The van der Waals surface area contributed by atoms with Gasteiger partial charge in [0.15, 0.2) is 5.78 Å². The highest BCUT2D eigenvalue weighted by Crippen LogP contribution is 2.46. The number of hydrogen-bond donors (Lipinski definition) is 2. The summed E-state index contributed by atoms with van der Waals surface area (Å²) < 4.78 is 239. The molecule has 0 radical (unpaired) electrons. The molecule has 0 saturated carbocycles. The van der Waals surface area contributed by atoms with E-state index in [1.807, 2.05) is 19.0 Å². The highest BCUT2D eigenvalue weighted by Gasteiger charge is 2.43. The van der Waals surface area contributed by atoms with Crippen LogP contribution in [0.4, 0.5) is 70.2 Å². The second-order valence-corrected chi connectivity index (χ2v) is 26.9. The number of halogens is 16. The van der Waals surface area contributed by atoms with Crippen LogP contribution in [-0.2, 0) is 66.2 Å². The maximum absolute atomic E-state index is 16.6. The minimum atomic E-state index is -5.31. The van der Waals surface area contributed by atoms with E-state index in [0.29, 0.717) is 66.0 Å². The van der Waals surface area contributed by atoms with Crippen LogP contribution < -0.4 is 16.9 Å². The lowest BCUT2D eigenvalue weighted by atomic mass is 9.83. The van der Waals surface area contributed by atoms with Gasteiger partial charge in [0.05, 0.1) is 54.4 Å². The molecule has 4 aromatic carbocycles. The predicted molar refractivity (Wildman–Crippen MR) is 385 cm³/mol. The van der Waals surface area contributed by atoms with Gasteiger partial charge in [0.1, 0.15) is 29.3 Å². The molecule has 32 heteroatoms. The molecule has 0 saturated heterocycles. The monoisotopic (exact) mass is 1580 g/mol. The van der Waals surface area contributed by atoms with E-state index in [1.54, 1.807) is 84.8 Å². The Labute approximate surface area is 624 Å². The van der Waals surface area contributed by atoms with Crippen molar-refractivity contribution in [2.45, 2.75) is 176 Å². The molecule has 3 N–H and O–H groups in total. The van der Waals surface area contributed by atoms with Gasteiger partial charge in [-0.15, -0.1) is 0 Å². The number of Topliss-reactive ketones (excluding diaryl/α,β-unsaturated/α-hetero) is 1. The number of carboxylic acid groups (broad SMARTS) is 1. The van der Waals surface area contributed by atoms with Gasteiger partial charge in [0.25, 0.3) is 11.1 Å². The van der Waals surface area contributed by atoms with Crippen LogP contribution in [0.2, 0.25) is 0 Å². The topological polar surface area (TPSA) is 183 Å². The van der Waals surface area contributed by atoms with Crippen molar-refractivity contribution >= 4 is 50.7 Å².